The molecule has 0 radical (unpaired) electrons. The molecule has 0 aliphatic carbocycles. The van der Waals surface area contributed by atoms with E-state index in [0.717, 1.165) is 18.4 Å². The lowest BCUT2D eigenvalue weighted by Gasteiger charge is -2.14. The Balaban J connectivity index is 2.54. The number of hydrogen-bond donors (Lipinski definition) is 3. The van der Waals surface area contributed by atoms with Crippen LogP contribution in [0.15, 0.2) is 47.4 Å². The van der Waals surface area contributed by atoms with Gasteiger partial charge in [-0.1, -0.05) is 12.1 Å². The van der Waals surface area contributed by atoms with E-state index in [-0.39, 0.29) is 22.0 Å². The third-order valence-corrected chi connectivity index (χ3v) is 4.26. The normalized spacial score (nSPS) is 12.0. The minimum Gasteiger partial charge on any atom is -0.351 e. The molecular formula is C13H14FN3O4S2. The molecule has 0 amide bonds. The van der Waals surface area contributed by atoms with Gasteiger partial charge in [0.25, 0.3) is 0 Å². The van der Waals surface area contributed by atoms with Gasteiger partial charge < -0.3 is 5.32 Å². The van der Waals surface area contributed by atoms with E-state index < -0.39 is 25.9 Å². The summed E-state index contributed by atoms with van der Waals surface area (Å²) in [6.07, 6.45) is 0.938. The molecule has 2 rings (SSSR count). The lowest BCUT2D eigenvalue weighted by atomic mass is 10.2. The summed E-state index contributed by atoms with van der Waals surface area (Å²) in [4.78, 5) is -0.240. The maximum absolute atomic E-state index is 13.7. The van der Waals surface area contributed by atoms with Crippen molar-refractivity contribution in [2.75, 3.05) is 16.3 Å². The molecule has 0 aliphatic rings. The van der Waals surface area contributed by atoms with Gasteiger partial charge in [-0.25, -0.2) is 26.4 Å². The van der Waals surface area contributed by atoms with E-state index in [1.54, 1.807) is 6.07 Å². The fourth-order valence-corrected chi connectivity index (χ4v) is 2.92. The molecule has 0 saturated heterocycles. The summed E-state index contributed by atoms with van der Waals surface area (Å²) in [5, 5.41) is 7.71. The van der Waals surface area contributed by atoms with Gasteiger partial charge in [-0.15, -0.1) is 0 Å². The highest BCUT2D eigenvalue weighted by atomic mass is 32.2. The molecule has 23 heavy (non-hydrogen) atoms. The first kappa shape index (κ1) is 17.2. The Kier molecular flexibility index (Phi) is 4.59. The van der Waals surface area contributed by atoms with Gasteiger partial charge in [0.05, 0.1) is 28.2 Å². The Morgan fingerprint density at radius 1 is 0.957 bits per heavy atom. The second-order valence-corrected chi connectivity index (χ2v) is 8.04. The Morgan fingerprint density at radius 3 is 2.17 bits per heavy atom. The fraction of sp³-hybridized carbons (Fsp3) is 0.0769. The van der Waals surface area contributed by atoms with Crippen LogP contribution < -0.4 is 15.2 Å². The largest absolute Gasteiger partial charge is 0.351 e. The van der Waals surface area contributed by atoms with Crippen LogP contribution in [-0.2, 0) is 20.0 Å². The van der Waals surface area contributed by atoms with Crippen molar-refractivity contribution in [2.45, 2.75) is 4.90 Å². The highest BCUT2D eigenvalue weighted by molar-refractivity contribution is 7.92. The van der Waals surface area contributed by atoms with Crippen LogP contribution in [0.1, 0.15) is 0 Å². The molecule has 2 aromatic carbocycles. The quantitative estimate of drug-likeness (QED) is 0.749. The minimum atomic E-state index is -4.00. The molecule has 0 aliphatic heterocycles. The number of rotatable bonds is 5. The Labute approximate surface area is 133 Å². The highest BCUT2D eigenvalue weighted by Gasteiger charge is 2.15. The summed E-state index contributed by atoms with van der Waals surface area (Å²) in [5.41, 5.74) is 0.158. The Bertz CT molecular complexity index is 943. The van der Waals surface area contributed by atoms with Crippen molar-refractivity contribution < 1.29 is 21.2 Å². The van der Waals surface area contributed by atoms with Crippen LogP contribution in [0.4, 0.5) is 21.5 Å². The molecule has 0 heterocycles. The maximum Gasteiger partial charge on any atom is 0.238 e. The van der Waals surface area contributed by atoms with Crippen molar-refractivity contribution in [1.29, 1.82) is 0 Å². The van der Waals surface area contributed by atoms with Crippen LogP contribution >= 0.6 is 0 Å². The second kappa shape index (κ2) is 6.14. The van der Waals surface area contributed by atoms with E-state index in [9.17, 15) is 21.2 Å². The lowest BCUT2D eigenvalue weighted by molar-refractivity contribution is 0.597. The second-order valence-electron chi connectivity index (χ2n) is 4.73. The van der Waals surface area contributed by atoms with Crippen LogP contribution in [0.5, 0.6) is 0 Å². The predicted molar refractivity (Wildman–Crippen MR) is 86.0 cm³/mol. The first-order chi connectivity index (χ1) is 10.6. The number of benzene rings is 2. The van der Waals surface area contributed by atoms with Gasteiger partial charge >= 0.3 is 0 Å². The van der Waals surface area contributed by atoms with Crippen molar-refractivity contribution in [3.05, 3.63) is 48.3 Å². The summed E-state index contributed by atoms with van der Waals surface area (Å²) in [6.45, 7) is 0. The average molecular weight is 359 g/mol. The summed E-state index contributed by atoms with van der Waals surface area (Å²) >= 11 is 0. The number of nitrogens with two attached hydrogens (primary N) is 1. The van der Waals surface area contributed by atoms with Crippen LogP contribution in [0.25, 0.3) is 0 Å². The van der Waals surface area contributed by atoms with Gasteiger partial charge in [-0.2, -0.15) is 0 Å². The molecule has 0 bridgehead atoms. The van der Waals surface area contributed by atoms with Gasteiger partial charge in [0.1, 0.15) is 5.82 Å². The zero-order valence-corrected chi connectivity index (χ0v) is 13.6. The molecule has 124 valence electrons. The molecule has 7 nitrogen and oxygen atoms in total. The van der Waals surface area contributed by atoms with Crippen molar-refractivity contribution in [3.63, 3.8) is 0 Å². The molecule has 0 aromatic heterocycles. The SMILES string of the molecule is CS(=O)(=O)Nc1ccc(S(N)(=O)=O)cc1Nc1ccccc1F. The zero-order valence-electron chi connectivity index (χ0n) is 11.9. The number of para-hydroxylation sites is 1. The van der Waals surface area contributed by atoms with E-state index in [1.807, 2.05) is 0 Å². The van der Waals surface area contributed by atoms with E-state index >= 15 is 0 Å². The van der Waals surface area contributed by atoms with Gasteiger partial charge in [0, 0.05) is 0 Å². The fourth-order valence-electron chi connectivity index (χ4n) is 1.80. The van der Waals surface area contributed by atoms with Gasteiger partial charge in [0.15, 0.2) is 0 Å². The Morgan fingerprint density at radius 2 is 1.61 bits per heavy atom. The average Bonchev–Trinajstić information content (AvgIpc) is 2.40. The number of nitrogens with one attached hydrogen (secondary N) is 2. The molecular weight excluding hydrogens is 345 g/mol. The summed E-state index contributed by atoms with van der Waals surface area (Å²) in [6, 6.07) is 9.17. The summed E-state index contributed by atoms with van der Waals surface area (Å²) in [7, 11) is -7.61. The molecule has 10 heteroatoms. The third-order valence-electron chi connectivity index (χ3n) is 2.76. The third kappa shape index (κ3) is 4.65. The minimum absolute atomic E-state index is 0.0482. The van der Waals surface area contributed by atoms with Gasteiger partial charge in [-0.3, -0.25) is 4.72 Å². The molecule has 0 atom stereocenters. The van der Waals surface area contributed by atoms with Crippen LogP contribution in [-0.4, -0.2) is 23.1 Å². The van der Waals surface area contributed by atoms with Gasteiger partial charge in [-0.05, 0) is 30.3 Å². The summed E-state index contributed by atoms with van der Waals surface area (Å²) < 4.78 is 61.6. The molecule has 2 aromatic rings. The first-order valence-electron chi connectivity index (χ1n) is 6.22. The zero-order chi connectivity index (χ0) is 17.3. The number of hydrogen-bond acceptors (Lipinski definition) is 5. The lowest BCUT2D eigenvalue weighted by Crippen LogP contribution is -2.14. The van der Waals surface area contributed by atoms with Crippen LogP contribution in [0, 0.1) is 5.82 Å². The molecule has 0 spiro atoms. The highest BCUT2D eigenvalue weighted by Crippen LogP contribution is 2.29. The monoisotopic (exact) mass is 359 g/mol. The number of anilines is 3. The Hall–Kier alpha value is -2.17. The standard InChI is InChI=1S/C13H14FN3O4S2/c1-22(18,19)17-12-7-6-9(23(15,20)21)8-13(12)16-11-5-3-2-4-10(11)14/h2-8,16-17H,1H3,(H2,15,20,21). The van der Waals surface area contributed by atoms with Crippen molar-refractivity contribution in [2.24, 2.45) is 5.14 Å². The number of primary sulfonamides is 1. The smallest absolute Gasteiger partial charge is 0.238 e. The number of halogens is 1. The van der Waals surface area contributed by atoms with Crippen molar-refractivity contribution in [3.8, 4) is 0 Å². The van der Waals surface area contributed by atoms with Crippen LogP contribution in [0.3, 0.4) is 0 Å². The molecule has 0 saturated carbocycles. The van der Waals surface area contributed by atoms with Crippen LogP contribution in [0.2, 0.25) is 0 Å². The molecule has 0 unspecified atom stereocenters. The van der Waals surface area contributed by atoms with E-state index in [2.05, 4.69) is 10.0 Å². The maximum atomic E-state index is 13.7. The van der Waals surface area contributed by atoms with Crippen molar-refractivity contribution in [1.82, 2.24) is 0 Å². The van der Waals surface area contributed by atoms with E-state index in [1.165, 1.54) is 24.3 Å². The number of sulfonamides is 2. The molecule has 0 fully saturated rings. The van der Waals surface area contributed by atoms with Crippen molar-refractivity contribution >= 4 is 37.1 Å². The molecule has 4 N–H and O–H groups in total. The van der Waals surface area contributed by atoms with Gasteiger partial charge in [0.2, 0.25) is 20.0 Å². The first-order valence-corrected chi connectivity index (χ1v) is 9.66. The van der Waals surface area contributed by atoms with E-state index in [4.69, 9.17) is 5.14 Å². The predicted octanol–water partition coefficient (Wildman–Crippen LogP) is 1.59. The summed E-state index contributed by atoms with van der Waals surface area (Å²) in [5.74, 6) is -0.584. The van der Waals surface area contributed by atoms with E-state index in [0.29, 0.717) is 0 Å². The topological polar surface area (TPSA) is 118 Å².